The molecular formula is C13H17F3N2O2. The summed E-state index contributed by atoms with van der Waals surface area (Å²) >= 11 is 0. The van der Waals surface area contributed by atoms with E-state index in [1.807, 2.05) is 6.92 Å². The summed E-state index contributed by atoms with van der Waals surface area (Å²) in [5, 5.41) is 2.54. The number of rotatable bonds is 6. The molecule has 112 valence electrons. The highest BCUT2D eigenvalue weighted by Crippen LogP contribution is 2.21. The van der Waals surface area contributed by atoms with Gasteiger partial charge in [0.2, 0.25) is 5.91 Å². The number of anilines is 1. The van der Waals surface area contributed by atoms with Gasteiger partial charge in [0.1, 0.15) is 5.75 Å². The van der Waals surface area contributed by atoms with Crippen molar-refractivity contribution in [3.8, 4) is 5.75 Å². The Kier molecular flexibility index (Phi) is 5.82. The van der Waals surface area contributed by atoms with Crippen molar-refractivity contribution in [3.63, 3.8) is 0 Å². The molecule has 1 unspecified atom stereocenters. The molecule has 20 heavy (non-hydrogen) atoms. The molecule has 0 radical (unpaired) electrons. The van der Waals surface area contributed by atoms with Crippen LogP contribution in [0.4, 0.5) is 18.9 Å². The monoisotopic (exact) mass is 290 g/mol. The SMILES string of the molecule is CCCC(N)C(=O)Nc1cccc(OCC(F)(F)F)c1. The normalized spacial score (nSPS) is 12.8. The highest BCUT2D eigenvalue weighted by molar-refractivity contribution is 5.94. The van der Waals surface area contributed by atoms with Crippen LogP contribution in [-0.4, -0.2) is 24.7 Å². The molecule has 0 saturated heterocycles. The van der Waals surface area contributed by atoms with Crippen molar-refractivity contribution in [2.24, 2.45) is 5.73 Å². The van der Waals surface area contributed by atoms with Crippen LogP contribution < -0.4 is 15.8 Å². The standard InChI is InChI=1S/C13H17F3N2O2/c1-2-4-11(17)12(19)18-9-5-3-6-10(7-9)20-8-13(14,15)16/h3,5-7,11H,2,4,8,17H2,1H3,(H,18,19). The second-order valence-electron chi connectivity index (χ2n) is 4.32. The van der Waals surface area contributed by atoms with E-state index >= 15 is 0 Å². The number of ether oxygens (including phenoxy) is 1. The van der Waals surface area contributed by atoms with E-state index in [9.17, 15) is 18.0 Å². The molecule has 1 amide bonds. The molecule has 3 N–H and O–H groups in total. The third-order valence-corrected chi connectivity index (χ3v) is 2.44. The Morgan fingerprint density at radius 3 is 2.75 bits per heavy atom. The van der Waals surface area contributed by atoms with Gasteiger partial charge in [-0.15, -0.1) is 0 Å². The van der Waals surface area contributed by atoms with Crippen LogP contribution in [-0.2, 0) is 4.79 Å². The minimum atomic E-state index is -4.40. The van der Waals surface area contributed by atoms with E-state index in [-0.39, 0.29) is 11.7 Å². The first-order valence-electron chi connectivity index (χ1n) is 6.18. The number of halogens is 3. The van der Waals surface area contributed by atoms with Crippen LogP contribution in [0, 0.1) is 0 Å². The fourth-order valence-electron chi connectivity index (χ4n) is 1.51. The average Bonchev–Trinajstić information content (AvgIpc) is 2.36. The van der Waals surface area contributed by atoms with Gasteiger partial charge in [-0.1, -0.05) is 19.4 Å². The molecule has 1 rings (SSSR count). The third kappa shape index (κ3) is 5.92. The van der Waals surface area contributed by atoms with Gasteiger partial charge < -0.3 is 15.8 Å². The van der Waals surface area contributed by atoms with Gasteiger partial charge >= 0.3 is 6.18 Å². The summed E-state index contributed by atoms with van der Waals surface area (Å²) in [6.45, 7) is 0.526. The summed E-state index contributed by atoms with van der Waals surface area (Å²) < 4.78 is 40.7. The molecule has 0 bridgehead atoms. The second kappa shape index (κ2) is 7.14. The Bertz CT molecular complexity index is 449. The number of nitrogens with two attached hydrogens (primary N) is 1. The molecule has 7 heteroatoms. The van der Waals surface area contributed by atoms with Gasteiger partial charge in [0.25, 0.3) is 0 Å². The molecule has 0 aliphatic heterocycles. The van der Waals surface area contributed by atoms with Gasteiger partial charge in [0.05, 0.1) is 6.04 Å². The maximum Gasteiger partial charge on any atom is 0.422 e. The van der Waals surface area contributed by atoms with Gasteiger partial charge in [-0.05, 0) is 18.6 Å². The number of carbonyl (C=O) groups excluding carboxylic acids is 1. The van der Waals surface area contributed by atoms with Crippen molar-refractivity contribution in [1.29, 1.82) is 0 Å². The van der Waals surface area contributed by atoms with Crippen LogP contribution in [0.5, 0.6) is 5.75 Å². The topological polar surface area (TPSA) is 64.4 Å². The maximum absolute atomic E-state index is 12.0. The number of hydrogen-bond acceptors (Lipinski definition) is 3. The summed E-state index contributed by atoms with van der Waals surface area (Å²) in [5.74, 6) is -0.344. The average molecular weight is 290 g/mol. The van der Waals surface area contributed by atoms with Gasteiger partial charge in [0.15, 0.2) is 6.61 Å². The molecule has 0 aliphatic rings. The molecular weight excluding hydrogens is 273 g/mol. The lowest BCUT2D eigenvalue weighted by Crippen LogP contribution is -2.35. The molecule has 0 fully saturated rings. The molecule has 1 aromatic rings. The quantitative estimate of drug-likeness (QED) is 0.846. The summed E-state index contributed by atoms with van der Waals surface area (Å²) in [6, 6.07) is 5.11. The molecule has 1 aromatic carbocycles. The van der Waals surface area contributed by atoms with Gasteiger partial charge in [-0.25, -0.2) is 0 Å². The van der Waals surface area contributed by atoms with Crippen molar-refractivity contribution in [2.45, 2.75) is 32.0 Å². The number of amides is 1. The van der Waals surface area contributed by atoms with Crippen LogP contribution in [0.2, 0.25) is 0 Å². The number of hydrogen-bond donors (Lipinski definition) is 2. The van der Waals surface area contributed by atoms with Crippen LogP contribution in [0.15, 0.2) is 24.3 Å². The molecule has 0 aliphatic carbocycles. The van der Waals surface area contributed by atoms with Crippen molar-refractivity contribution < 1.29 is 22.7 Å². The summed E-state index contributed by atoms with van der Waals surface area (Å²) in [6.07, 6.45) is -3.10. The molecule has 0 heterocycles. The van der Waals surface area contributed by atoms with E-state index in [0.717, 1.165) is 6.42 Å². The lowest BCUT2D eigenvalue weighted by Gasteiger charge is -2.13. The van der Waals surface area contributed by atoms with Crippen LogP contribution in [0.25, 0.3) is 0 Å². The van der Waals surface area contributed by atoms with Gasteiger partial charge in [-0.2, -0.15) is 13.2 Å². The van der Waals surface area contributed by atoms with Crippen molar-refractivity contribution in [1.82, 2.24) is 0 Å². The first-order valence-corrected chi connectivity index (χ1v) is 6.18. The fraction of sp³-hybridized carbons (Fsp3) is 0.462. The zero-order valence-corrected chi connectivity index (χ0v) is 11.0. The lowest BCUT2D eigenvalue weighted by atomic mass is 10.1. The summed E-state index contributed by atoms with van der Waals surface area (Å²) in [5.41, 5.74) is 5.99. The highest BCUT2D eigenvalue weighted by atomic mass is 19.4. The van der Waals surface area contributed by atoms with Crippen LogP contribution in [0.1, 0.15) is 19.8 Å². The first-order chi connectivity index (χ1) is 9.31. The van der Waals surface area contributed by atoms with Crippen molar-refractivity contribution in [3.05, 3.63) is 24.3 Å². The van der Waals surface area contributed by atoms with E-state index in [1.165, 1.54) is 18.2 Å². The Morgan fingerprint density at radius 2 is 2.15 bits per heavy atom. The largest absolute Gasteiger partial charge is 0.484 e. The number of benzene rings is 1. The molecule has 0 aromatic heterocycles. The molecule has 1 atom stereocenters. The minimum Gasteiger partial charge on any atom is -0.484 e. The Hall–Kier alpha value is -1.76. The number of alkyl halides is 3. The summed E-state index contributed by atoms with van der Waals surface area (Å²) in [4.78, 5) is 11.7. The second-order valence-corrected chi connectivity index (χ2v) is 4.32. The van der Waals surface area contributed by atoms with Crippen molar-refractivity contribution in [2.75, 3.05) is 11.9 Å². The number of nitrogens with one attached hydrogen (secondary N) is 1. The predicted molar refractivity (Wildman–Crippen MR) is 69.5 cm³/mol. The molecule has 0 spiro atoms. The third-order valence-electron chi connectivity index (χ3n) is 2.44. The number of carbonyl (C=O) groups is 1. The van der Waals surface area contributed by atoms with E-state index in [0.29, 0.717) is 12.1 Å². The van der Waals surface area contributed by atoms with E-state index in [4.69, 9.17) is 5.73 Å². The Labute approximate surface area is 115 Å². The zero-order chi connectivity index (χ0) is 15.2. The first kappa shape index (κ1) is 16.3. The Balaban J connectivity index is 2.62. The van der Waals surface area contributed by atoms with E-state index < -0.39 is 18.8 Å². The smallest absolute Gasteiger partial charge is 0.422 e. The predicted octanol–water partition coefficient (Wildman–Crippen LogP) is 2.69. The summed E-state index contributed by atoms with van der Waals surface area (Å²) in [7, 11) is 0. The minimum absolute atomic E-state index is 0.0317. The van der Waals surface area contributed by atoms with Crippen molar-refractivity contribution >= 4 is 11.6 Å². The van der Waals surface area contributed by atoms with Gasteiger partial charge in [-0.3, -0.25) is 4.79 Å². The van der Waals surface area contributed by atoms with Crippen LogP contribution >= 0.6 is 0 Å². The molecule has 0 saturated carbocycles. The van der Waals surface area contributed by atoms with Crippen LogP contribution in [0.3, 0.4) is 0 Å². The molecule has 4 nitrogen and oxygen atoms in total. The van der Waals surface area contributed by atoms with Gasteiger partial charge in [0, 0.05) is 11.8 Å². The Morgan fingerprint density at radius 1 is 1.45 bits per heavy atom. The van der Waals surface area contributed by atoms with E-state index in [1.54, 1.807) is 6.07 Å². The zero-order valence-electron chi connectivity index (χ0n) is 11.0. The lowest BCUT2D eigenvalue weighted by molar-refractivity contribution is -0.153. The maximum atomic E-state index is 12.0. The fourth-order valence-corrected chi connectivity index (χ4v) is 1.51. The highest BCUT2D eigenvalue weighted by Gasteiger charge is 2.28. The van der Waals surface area contributed by atoms with E-state index in [2.05, 4.69) is 10.1 Å².